The highest BCUT2D eigenvalue weighted by Gasteiger charge is 2.29. The molecule has 1 aromatic carbocycles. The van der Waals surface area contributed by atoms with Gasteiger partial charge in [0.15, 0.2) is 0 Å². The quantitative estimate of drug-likeness (QED) is 0.718. The molecule has 0 unspecified atom stereocenters. The van der Waals surface area contributed by atoms with Gasteiger partial charge in [0.1, 0.15) is 29.9 Å². The van der Waals surface area contributed by atoms with Crippen LogP contribution in [0.15, 0.2) is 41.4 Å². The summed E-state index contributed by atoms with van der Waals surface area (Å²) in [6.07, 6.45) is 3.65. The second kappa shape index (κ2) is 6.70. The van der Waals surface area contributed by atoms with E-state index >= 15 is 0 Å². The van der Waals surface area contributed by atoms with Crippen LogP contribution in [-0.4, -0.2) is 37.3 Å². The van der Waals surface area contributed by atoms with E-state index in [0.717, 1.165) is 11.3 Å². The van der Waals surface area contributed by atoms with Crippen molar-refractivity contribution in [2.24, 2.45) is 5.92 Å². The Bertz CT molecular complexity index is 922. The minimum atomic E-state index is -0.329. The van der Waals surface area contributed by atoms with Crippen LogP contribution < -0.4 is 0 Å². The first kappa shape index (κ1) is 16.4. The Kier molecular flexibility index (Phi) is 4.24. The number of rotatable bonds is 4. The number of benzene rings is 1. The second-order valence-electron chi connectivity index (χ2n) is 6.47. The van der Waals surface area contributed by atoms with E-state index in [1.54, 1.807) is 28.0 Å². The summed E-state index contributed by atoms with van der Waals surface area (Å²) < 4.78 is 20.6. The molecule has 2 aromatic heterocycles. The summed E-state index contributed by atoms with van der Waals surface area (Å²) >= 11 is 0. The molecule has 0 bridgehead atoms. The molecule has 134 valence electrons. The molecule has 0 saturated heterocycles. The molecule has 0 spiro atoms. The normalized spacial score (nSPS) is 14.9. The average molecular weight is 355 g/mol. The van der Waals surface area contributed by atoms with Gasteiger partial charge >= 0.3 is 0 Å². The van der Waals surface area contributed by atoms with Crippen molar-refractivity contribution >= 4 is 5.91 Å². The van der Waals surface area contributed by atoms with Gasteiger partial charge in [0.05, 0.1) is 19.0 Å². The van der Waals surface area contributed by atoms with Gasteiger partial charge in [-0.05, 0) is 12.1 Å². The number of hydrogen-bond acceptors (Lipinski definition) is 5. The molecule has 0 fully saturated rings. The van der Waals surface area contributed by atoms with Gasteiger partial charge < -0.3 is 9.42 Å². The van der Waals surface area contributed by atoms with Crippen LogP contribution >= 0.6 is 0 Å². The Balaban J connectivity index is 1.54. The fourth-order valence-corrected chi connectivity index (χ4v) is 3.26. The molecule has 0 aliphatic carbocycles. The molecule has 0 radical (unpaired) electrons. The van der Waals surface area contributed by atoms with Gasteiger partial charge in [-0.2, -0.15) is 5.10 Å². The van der Waals surface area contributed by atoms with Crippen LogP contribution in [0.4, 0.5) is 4.39 Å². The van der Waals surface area contributed by atoms with E-state index in [4.69, 9.17) is 4.52 Å². The van der Waals surface area contributed by atoms with E-state index in [9.17, 15) is 9.18 Å². The number of carbonyl (C=O) groups is 1. The molecule has 1 amide bonds. The molecule has 3 heterocycles. The van der Waals surface area contributed by atoms with Gasteiger partial charge in [-0.15, -0.1) is 0 Å². The maximum absolute atomic E-state index is 13.5. The molecule has 4 rings (SSSR count). The largest absolute Gasteiger partial charge is 0.360 e. The zero-order valence-corrected chi connectivity index (χ0v) is 14.3. The molecule has 7 nitrogen and oxygen atoms in total. The highest BCUT2D eigenvalue weighted by Crippen LogP contribution is 2.30. The van der Waals surface area contributed by atoms with Crippen LogP contribution in [0.25, 0.3) is 11.3 Å². The van der Waals surface area contributed by atoms with Gasteiger partial charge in [-0.25, -0.2) is 9.37 Å². The molecule has 8 heteroatoms. The lowest BCUT2D eigenvalue weighted by Gasteiger charge is -2.28. The summed E-state index contributed by atoms with van der Waals surface area (Å²) in [6, 6.07) is 6.23. The number of hydrogen-bond donors (Lipinski definition) is 0. The van der Waals surface area contributed by atoms with Crippen LogP contribution in [0.1, 0.15) is 18.2 Å². The number of nitrogens with zero attached hydrogens (tertiary/aromatic N) is 5. The maximum Gasteiger partial charge on any atom is 0.227 e. The van der Waals surface area contributed by atoms with Crippen LogP contribution in [-0.2, 0) is 24.3 Å². The monoisotopic (exact) mass is 355 g/mol. The van der Waals surface area contributed by atoms with E-state index in [-0.39, 0.29) is 17.6 Å². The lowest BCUT2D eigenvalue weighted by Crippen LogP contribution is -2.40. The summed E-state index contributed by atoms with van der Waals surface area (Å²) in [6.45, 7) is 3.33. The van der Waals surface area contributed by atoms with Crippen molar-refractivity contribution in [2.75, 3.05) is 6.54 Å². The minimum absolute atomic E-state index is 0.0394. The van der Waals surface area contributed by atoms with Crippen LogP contribution in [0.3, 0.4) is 0 Å². The van der Waals surface area contributed by atoms with Crippen LogP contribution in [0.2, 0.25) is 0 Å². The van der Waals surface area contributed by atoms with Crippen molar-refractivity contribution in [3.8, 4) is 11.3 Å². The third kappa shape index (κ3) is 3.10. The summed E-state index contributed by atoms with van der Waals surface area (Å²) in [5, 5.41) is 8.15. The van der Waals surface area contributed by atoms with Crippen LogP contribution in [0.5, 0.6) is 0 Å². The Morgan fingerprint density at radius 2 is 2.31 bits per heavy atom. The Morgan fingerprint density at radius 3 is 3.08 bits per heavy atom. The summed E-state index contributed by atoms with van der Waals surface area (Å²) in [4.78, 5) is 18.5. The first-order chi connectivity index (χ1) is 12.6. The Morgan fingerprint density at radius 1 is 1.42 bits per heavy atom. The third-order valence-electron chi connectivity index (χ3n) is 4.59. The molecular formula is C18H18FN5O2. The maximum atomic E-state index is 13.5. The molecule has 1 aliphatic rings. The fourth-order valence-electron chi connectivity index (χ4n) is 3.26. The topological polar surface area (TPSA) is 77.0 Å². The van der Waals surface area contributed by atoms with E-state index < -0.39 is 0 Å². The third-order valence-corrected chi connectivity index (χ3v) is 4.59. The zero-order valence-electron chi connectivity index (χ0n) is 14.3. The summed E-state index contributed by atoms with van der Waals surface area (Å²) in [7, 11) is 0. The zero-order chi connectivity index (χ0) is 18.1. The smallest absolute Gasteiger partial charge is 0.227 e. The molecule has 0 saturated carbocycles. The number of halogens is 1. The van der Waals surface area contributed by atoms with Gasteiger partial charge in [0, 0.05) is 24.1 Å². The van der Waals surface area contributed by atoms with E-state index in [2.05, 4.69) is 15.2 Å². The fraction of sp³-hybridized carbons (Fsp3) is 0.333. The van der Waals surface area contributed by atoms with E-state index in [1.165, 1.54) is 18.5 Å². The van der Waals surface area contributed by atoms with Crippen molar-refractivity contribution < 1.29 is 13.7 Å². The van der Waals surface area contributed by atoms with Crippen molar-refractivity contribution in [2.45, 2.75) is 26.4 Å². The molecule has 0 N–H and O–H groups in total. The molecule has 1 aliphatic heterocycles. The first-order valence-corrected chi connectivity index (χ1v) is 8.46. The number of carbonyl (C=O) groups excluding carboxylic acids is 1. The van der Waals surface area contributed by atoms with Gasteiger partial charge in [0.2, 0.25) is 5.91 Å². The van der Waals surface area contributed by atoms with Crippen molar-refractivity contribution in [3.05, 3.63) is 54.1 Å². The SMILES string of the molecule is C[C@@H](Cn1cncn1)C(=O)N1CCc2onc(-c3cccc(F)c3)c2C1. The minimum Gasteiger partial charge on any atom is -0.360 e. The highest BCUT2D eigenvalue weighted by atomic mass is 19.1. The highest BCUT2D eigenvalue weighted by molar-refractivity contribution is 5.79. The summed E-state index contributed by atoms with van der Waals surface area (Å²) in [5.41, 5.74) is 2.10. The number of fused-ring (bicyclic) bond motifs is 1. The number of aromatic nitrogens is 4. The lowest BCUT2D eigenvalue weighted by atomic mass is 10.00. The van der Waals surface area contributed by atoms with Gasteiger partial charge in [-0.3, -0.25) is 9.48 Å². The van der Waals surface area contributed by atoms with Crippen molar-refractivity contribution in [1.29, 1.82) is 0 Å². The molecule has 26 heavy (non-hydrogen) atoms. The molecular weight excluding hydrogens is 337 g/mol. The Labute approximate surface area is 149 Å². The van der Waals surface area contributed by atoms with Gasteiger partial charge in [-0.1, -0.05) is 24.2 Å². The Hall–Kier alpha value is -3.03. The van der Waals surface area contributed by atoms with Gasteiger partial charge in [0.25, 0.3) is 0 Å². The average Bonchev–Trinajstić information content (AvgIpc) is 3.30. The van der Waals surface area contributed by atoms with Crippen molar-refractivity contribution in [3.63, 3.8) is 0 Å². The lowest BCUT2D eigenvalue weighted by molar-refractivity contribution is -0.136. The number of amides is 1. The predicted octanol–water partition coefficient (Wildman–Crippen LogP) is 2.29. The van der Waals surface area contributed by atoms with E-state index in [0.29, 0.717) is 37.3 Å². The molecule has 3 aromatic rings. The van der Waals surface area contributed by atoms with E-state index in [1.807, 2.05) is 6.92 Å². The van der Waals surface area contributed by atoms with Crippen molar-refractivity contribution in [1.82, 2.24) is 24.8 Å². The first-order valence-electron chi connectivity index (χ1n) is 8.46. The predicted molar refractivity (Wildman–Crippen MR) is 90.2 cm³/mol. The van der Waals surface area contributed by atoms with Crippen LogP contribution in [0, 0.1) is 11.7 Å². The second-order valence-corrected chi connectivity index (χ2v) is 6.47. The molecule has 1 atom stereocenters. The standard InChI is InChI=1S/C18H18FN5O2/c1-12(8-24-11-20-10-21-24)18(25)23-6-5-16-15(9-23)17(22-26-16)13-3-2-4-14(19)7-13/h2-4,7,10-12H,5-6,8-9H2,1H3/t12-/m0/s1. The summed E-state index contributed by atoms with van der Waals surface area (Å²) in [5.74, 6) is 0.245.